The van der Waals surface area contributed by atoms with Gasteiger partial charge < -0.3 is 17.2 Å². The normalized spacial score (nSPS) is 12.0. The van der Waals surface area contributed by atoms with Crippen molar-refractivity contribution in [2.75, 3.05) is 0 Å². The molecule has 0 fully saturated rings. The Hall–Kier alpha value is -0.120. The summed E-state index contributed by atoms with van der Waals surface area (Å²) in [7, 11) is 0. The zero-order valence-corrected chi connectivity index (χ0v) is 8.18. The van der Waals surface area contributed by atoms with E-state index in [0.29, 0.717) is 0 Å². The highest BCUT2D eigenvalue weighted by atomic mass is 15.1. The number of unbranched alkanes of at least 4 members (excludes halogenated alkanes) is 5. The molecule has 0 saturated heterocycles. The molecular weight excluding hydrogens is 150 g/mol. The molecule has 6 N–H and O–H groups in total. The smallest absolute Gasteiger partial charge is 0.115 e. The summed E-state index contributed by atoms with van der Waals surface area (Å²) in [6.45, 7) is 2.21. The Labute approximate surface area is 75.7 Å². The minimum atomic E-state index is -0.954. The van der Waals surface area contributed by atoms with Crippen molar-refractivity contribution in [1.29, 1.82) is 0 Å². The van der Waals surface area contributed by atoms with Gasteiger partial charge in [-0.25, -0.2) is 0 Å². The predicted molar refractivity (Wildman–Crippen MR) is 53.3 cm³/mol. The van der Waals surface area contributed by atoms with Gasteiger partial charge in [0.05, 0.1) is 0 Å². The van der Waals surface area contributed by atoms with Gasteiger partial charge in [0, 0.05) is 0 Å². The minimum absolute atomic E-state index is 0.721. The van der Waals surface area contributed by atoms with Crippen LogP contribution in [0, 0.1) is 0 Å². The SMILES string of the molecule is CCCCCCCCC(N)(N)N. The molecule has 0 aliphatic carbocycles. The highest BCUT2D eigenvalue weighted by molar-refractivity contribution is 4.66. The first kappa shape index (κ1) is 11.9. The van der Waals surface area contributed by atoms with Gasteiger partial charge in [-0.3, -0.25) is 0 Å². The van der Waals surface area contributed by atoms with Crippen LogP contribution in [0.2, 0.25) is 0 Å². The molecule has 0 heterocycles. The third kappa shape index (κ3) is 9.88. The fraction of sp³-hybridized carbons (Fsp3) is 1.00. The van der Waals surface area contributed by atoms with E-state index in [9.17, 15) is 0 Å². The van der Waals surface area contributed by atoms with Crippen LogP contribution in [0.4, 0.5) is 0 Å². The molecule has 0 bridgehead atoms. The van der Waals surface area contributed by atoms with E-state index in [1.54, 1.807) is 0 Å². The highest BCUT2D eigenvalue weighted by Crippen LogP contribution is 2.08. The topological polar surface area (TPSA) is 78.1 Å². The van der Waals surface area contributed by atoms with Crippen LogP contribution in [0.25, 0.3) is 0 Å². The molecule has 3 heteroatoms. The van der Waals surface area contributed by atoms with E-state index < -0.39 is 5.79 Å². The van der Waals surface area contributed by atoms with E-state index in [1.165, 1.54) is 32.1 Å². The van der Waals surface area contributed by atoms with Crippen molar-refractivity contribution in [3.05, 3.63) is 0 Å². The summed E-state index contributed by atoms with van der Waals surface area (Å²) in [5, 5.41) is 0. The van der Waals surface area contributed by atoms with Gasteiger partial charge in [-0.05, 0) is 12.8 Å². The Morgan fingerprint density at radius 3 is 1.83 bits per heavy atom. The lowest BCUT2D eigenvalue weighted by molar-refractivity contribution is 0.400. The molecule has 0 aromatic heterocycles. The molecule has 0 rings (SSSR count). The van der Waals surface area contributed by atoms with Crippen LogP contribution in [0.3, 0.4) is 0 Å². The lowest BCUT2D eigenvalue weighted by atomic mass is 10.1. The van der Waals surface area contributed by atoms with Crippen molar-refractivity contribution < 1.29 is 0 Å². The maximum atomic E-state index is 5.43. The predicted octanol–water partition coefficient (Wildman–Crippen LogP) is 1.27. The average Bonchev–Trinajstić information content (AvgIpc) is 1.94. The van der Waals surface area contributed by atoms with Crippen molar-refractivity contribution in [1.82, 2.24) is 0 Å². The van der Waals surface area contributed by atoms with Crippen LogP contribution in [0.5, 0.6) is 0 Å². The van der Waals surface area contributed by atoms with Crippen LogP contribution in [0.15, 0.2) is 0 Å². The Bertz CT molecular complexity index is 96.4. The van der Waals surface area contributed by atoms with Crippen molar-refractivity contribution in [3.8, 4) is 0 Å². The van der Waals surface area contributed by atoms with E-state index in [-0.39, 0.29) is 0 Å². The van der Waals surface area contributed by atoms with Gasteiger partial charge in [-0.1, -0.05) is 39.0 Å². The monoisotopic (exact) mass is 173 g/mol. The average molecular weight is 173 g/mol. The summed E-state index contributed by atoms with van der Waals surface area (Å²) in [6, 6.07) is 0. The summed E-state index contributed by atoms with van der Waals surface area (Å²) < 4.78 is 0. The Kier molecular flexibility index (Phi) is 6.34. The van der Waals surface area contributed by atoms with Crippen LogP contribution in [-0.4, -0.2) is 5.79 Å². The third-order valence-electron chi connectivity index (χ3n) is 1.96. The molecule has 0 aromatic carbocycles. The molecule has 0 amide bonds. The molecule has 0 saturated carbocycles. The Morgan fingerprint density at radius 2 is 1.33 bits per heavy atom. The molecule has 0 aliphatic heterocycles. The Morgan fingerprint density at radius 1 is 0.833 bits per heavy atom. The van der Waals surface area contributed by atoms with Crippen molar-refractivity contribution in [2.24, 2.45) is 17.2 Å². The third-order valence-corrected chi connectivity index (χ3v) is 1.96. The van der Waals surface area contributed by atoms with Gasteiger partial charge in [0.1, 0.15) is 5.79 Å². The number of nitrogens with two attached hydrogens (primary N) is 3. The molecule has 12 heavy (non-hydrogen) atoms. The van der Waals surface area contributed by atoms with E-state index >= 15 is 0 Å². The van der Waals surface area contributed by atoms with Gasteiger partial charge in [-0.15, -0.1) is 0 Å². The molecule has 74 valence electrons. The van der Waals surface area contributed by atoms with Gasteiger partial charge in [0.2, 0.25) is 0 Å². The molecule has 0 atom stereocenters. The molecule has 0 unspecified atom stereocenters. The maximum absolute atomic E-state index is 5.43. The fourth-order valence-electron chi connectivity index (χ4n) is 1.21. The molecule has 0 aliphatic rings. The van der Waals surface area contributed by atoms with E-state index in [1.807, 2.05) is 0 Å². The quantitative estimate of drug-likeness (QED) is 0.401. The molecule has 3 nitrogen and oxygen atoms in total. The summed E-state index contributed by atoms with van der Waals surface area (Å²) in [6.07, 6.45) is 8.19. The maximum Gasteiger partial charge on any atom is 0.115 e. The second-order valence-electron chi connectivity index (χ2n) is 3.63. The fourth-order valence-corrected chi connectivity index (χ4v) is 1.21. The van der Waals surface area contributed by atoms with Crippen LogP contribution in [-0.2, 0) is 0 Å². The summed E-state index contributed by atoms with van der Waals surface area (Å²) in [5.41, 5.74) is 16.3. The second kappa shape index (κ2) is 6.40. The number of rotatable bonds is 7. The standard InChI is InChI=1S/C9H23N3/c1-2-3-4-5-6-7-8-9(10,11)12/h2-8,10-12H2,1H3. The first-order chi connectivity index (χ1) is 5.56. The second-order valence-corrected chi connectivity index (χ2v) is 3.63. The van der Waals surface area contributed by atoms with E-state index in [2.05, 4.69) is 6.92 Å². The first-order valence-corrected chi connectivity index (χ1v) is 4.93. The number of hydrogen-bond donors (Lipinski definition) is 3. The molecule has 0 spiro atoms. The van der Waals surface area contributed by atoms with Gasteiger partial charge >= 0.3 is 0 Å². The van der Waals surface area contributed by atoms with Crippen molar-refractivity contribution >= 4 is 0 Å². The molecular formula is C9H23N3. The zero-order chi connectivity index (χ0) is 9.45. The van der Waals surface area contributed by atoms with Crippen LogP contribution in [0.1, 0.15) is 51.9 Å². The zero-order valence-electron chi connectivity index (χ0n) is 8.18. The lowest BCUT2D eigenvalue weighted by Gasteiger charge is -2.17. The van der Waals surface area contributed by atoms with Gasteiger partial charge in [0.15, 0.2) is 0 Å². The Balaban J connectivity index is 3.01. The van der Waals surface area contributed by atoms with E-state index in [4.69, 9.17) is 17.2 Å². The molecule has 0 aromatic rings. The first-order valence-electron chi connectivity index (χ1n) is 4.93. The van der Waals surface area contributed by atoms with Crippen molar-refractivity contribution in [3.63, 3.8) is 0 Å². The summed E-state index contributed by atoms with van der Waals surface area (Å²) in [5.74, 6) is -0.954. The lowest BCUT2D eigenvalue weighted by Crippen LogP contribution is -2.57. The van der Waals surface area contributed by atoms with E-state index in [0.717, 1.165) is 12.8 Å². The van der Waals surface area contributed by atoms with Gasteiger partial charge in [0.25, 0.3) is 0 Å². The van der Waals surface area contributed by atoms with Gasteiger partial charge in [-0.2, -0.15) is 0 Å². The number of hydrogen-bond acceptors (Lipinski definition) is 3. The van der Waals surface area contributed by atoms with Crippen LogP contribution < -0.4 is 17.2 Å². The molecule has 0 radical (unpaired) electrons. The highest BCUT2D eigenvalue weighted by Gasteiger charge is 2.09. The summed E-state index contributed by atoms with van der Waals surface area (Å²) in [4.78, 5) is 0. The summed E-state index contributed by atoms with van der Waals surface area (Å²) >= 11 is 0. The largest absolute Gasteiger partial charge is 0.301 e. The minimum Gasteiger partial charge on any atom is -0.301 e. The van der Waals surface area contributed by atoms with Crippen LogP contribution >= 0.6 is 0 Å². The van der Waals surface area contributed by atoms with Crippen molar-refractivity contribution in [2.45, 2.75) is 57.7 Å².